The summed E-state index contributed by atoms with van der Waals surface area (Å²) in [7, 11) is 0. The summed E-state index contributed by atoms with van der Waals surface area (Å²) >= 11 is 0. The maximum Gasteiger partial charge on any atom is 0.0123 e. The fourth-order valence-electron chi connectivity index (χ4n) is 2.90. The summed E-state index contributed by atoms with van der Waals surface area (Å²) in [4.78, 5) is 0. The number of fused-ring (bicyclic) bond motifs is 2. The Balaban J connectivity index is 2.29. The van der Waals surface area contributed by atoms with Crippen LogP contribution in [0.5, 0.6) is 0 Å². The minimum Gasteiger partial charge on any atom is -0.0804 e. The number of allylic oxidation sites excluding steroid dienone is 6. The molecule has 3 rings (SSSR count). The first-order valence-corrected chi connectivity index (χ1v) is 5.88. The molecule has 1 aromatic carbocycles. The molecule has 0 nitrogen and oxygen atoms in total. The standard InChI is InChI=1S/C16H16/c1-16(2)14-10-5-3-4-8-12(14)13-9-6-7-11-15(13)16/h3-9,11H,10H2,1-2H3. The molecule has 0 saturated carbocycles. The Morgan fingerprint density at radius 3 is 2.75 bits per heavy atom. The smallest absolute Gasteiger partial charge is 0.0123 e. The van der Waals surface area contributed by atoms with Gasteiger partial charge in [-0.3, -0.25) is 0 Å². The van der Waals surface area contributed by atoms with E-state index in [1.165, 1.54) is 16.7 Å². The lowest BCUT2D eigenvalue weighted by Gasteiger charge is -2.24. The Labute approximate surface area is 97.0 Å². The van der Waals surface area contributed by atoms with E-state index in [1.54, 1.807) is 5.57 Å². The summed E-state index contributed by atoms with van der Waals surface area (Å²) in [6.07, 6.45) is 9.89. The van der Waals surface area contributed by atoms with Gasteiger partial charge in [0.15, 0.2) is 0 Å². The Morgan fingerprint density at radius 1 is 1.06 bits per heavy atom. The zero-order chi connectivity index (χ0) is 11.2. The molecule has 0 heteroatoms. The fourth-order valence-corrected chi connectivity index (χ4v) is 2.90. The molecular formula is C16H16. The molecule has 0 unspecified atom stereocenters. The van der Waals surface area contributed by atoms with Gasteiger partial charge in [0, 0.05) is 5.41 Å². The van der Waals surface area contributed by atoms with Crippen LogP contribution < -0.4 is 0 Å². The van der Waals surface area contributed by atoms with Gasteiger partial charge in [0.2, 0.25) is 0 Å². The minimum atomic E-state index is 0.185. The molecule has 0 N–H and O–H groups in total. The number of hydrogen-bond acceptors (Lipinski definition) is 0. The first-order valence-electron chi connectivity index (χ1n) is 5.88. The largest absolute Gasteiger partial charge is 0.0804 e. The second-order valence-corrected chi connectivity index (χ2v) is 5.05. The Morgan fingerprint density at radius 2 is 1.88 bits per heavy atom. The zero-order valence-corrected chi connectivity index (χ0v) is 9.83. The van der Waals surface area contributed by atoms with Gasteiger partial charge in [0.25, 0.3) is 0 Å². The molecule has 0 radical (unpaired) electrons. The molecule has 2 aliphatic carbocycles. The van der Waals surface area contributed by atoms with Crippen molar-refractivity contribution in [3.8, 4) is 0 Å². The van der Waals surface area contributed by atoms with E-state index < -0.39 is 0 Å². The number of benzene rings is 1. The van der Waals surface area contributed by atoms with Gasteiger partial charge >= 0.3 is 0 Å². The normalized spacial score (nSPS) is 20.6. The van der Waals surface area contributed by atoms with Crippen molar-refractivity contribution < 1.29 is 0 Å². The van der Waals surface area contributed by atoms with Crippen molar-refractivity contribution in [1.82, 2.24) is 0 Å². The summed E-state index contributed by atoms with van der Waals surface area (Å²) in [6.45, 7) is 4.67. The predicted octanol–water partition coefficient (Wildman–Crippen LogP) is 4.25. The fraction of sp³-hybridized carbons (Fsp3) is 0.250. The van der Waals surface area contributed by atoms with E-state index in [0.29, 0.717) is 0 Å². The van der Waals surface area contributed by atoms with Gasteiger partial charge in [0.05, 0.1) is 0 Å². The van der Waals surface area contributed by atoms with E-state index in [1.807, 2.05) is 0 Å². The third-order valence-electron chi connectivity index (χ3n) is 3.80. The summed E-state index contributed by atoms with van der Waals surface area (Å²) in [6, 6.07) is 8.79. The average molecular weight is 208 g/mol. The summed E-state index contributed by atoms with van der Waals surface area (Å²) in [5.74, 6) is 0. The van der Waals surface area contributed by atoms with Crippen molar-refractivity contribution in [2.24, 2.45) is 0 Å². The van der Waals surface area contributed by atoms with Crippen LogP contribution >= 0.6 is 0 Å². The summed E-state index contributed by atoms with van der Waals surface area (Å²) in [5, 5.41) is 0. The first kappa shape index (κ1) is 9.65. The van der Waals surface area contributed by atoms with Crippen molar-refractivity contribution in [2.45, 2.75) is 25.7 Å². The molecule has 0 heterocycles. The van der Waals surface area contributed by atoms with E-state index in [4.69, 9.17) is 0 Å². The van der Waals surface area contributed by atoms with E-state index in [2.05, 4.69) is 62.4 Å². The van der Waals surface area contributed by atoms with E-state index in [9.17, 15) is 0 Å². The third kappa shape index (κ3) is 1.16. The van der Waals surface area contributed by atoms with Crippen LogP contribution in [0.3, 0.4) is 0 Å². The van der Waals surface area contributed by atoms with Crippen molar-refractivity contribution in [3.63, 3.8) is 0 Å². The van der Waals surface area contributed by atoms with Crippen molar-refractivity contribution in [3.05, 3.63) is 65.3 Å². The summed E-state index contributed by atoms with van der Waals surface area (Å²) in [5.41, 5.74) is 6.07. The van der Waals surface area contributed by atoms with Crippen LogP contribution in [0.15, 0.2) is 54.1 Å². The SMILES string of the molecule is CC1(C)C2=C(C=CC=CC2)c2ccccc21. The molecule has 0 spiro atoms. The predicted molar refractivity (Wildman–Crippen MR) is 69.3 cm³/mol. The van der Waals surface area contributed by atoms with Crippen molar-refractivity contribution >= 4 is 5.57 Å². The van der Waals surface area contributed by atoms with Crippen LogP contribution in [0.4, 0.5) is 0 Å². The van der Waals surface area contributed by atoms with Crippen LogP contribution in [0.1, 0.15) is 31.4 Å². The molecule has 1 aromatic rings. The molecule has 80 valence electrons. The van der Waals surface area contributed by atoms with Crippen LogP contribution in [0, 0.1) is 0 Å². The summed E-state index contributed by atoms with van der Waals surface area (Å²) < 4.78 is 0. The molecule has 0 aliphatic heterocycles. The molecule has 16 heavy (non-hydrogen) atoms. The molecule has 0 aromatic heterocycles. The molecular weight excluding hydrogens is 192 g/mol. The lowest BCUT2D eigenvalue weighted by molar-refractivity contribution is 0.626. The van der Waals surface area contributed by atoms with Gasteiger partial charge in [-0.05, 0) is 28.7 Å². The first-order chi connectivity index (χ1) is 7.71. The lowest BCUT2D eigenvalue weighted by Crippen LogP contribution is -2.16. The highest BCUT2D eigenvalue weighted by Gasteiger charge is 2.35. The maximum atomic E-state index is 2.33. The Hall–Kier alpha value is -1.56. The number of rotatable bonds is 0. The van der Waals surface area contributed by atoms with E-state index in [-0.39, 0.29) is 5.41 Å². The van der Waals surface area contributed by atoms with Gasteiger partial charge in [0.1, 0.15) is 0 Å². The topological polar surface area (TPSA) is 0 Å². The van der Waals surface area contributed by atoms with Gasteiger partial charge in [-0.25, -0.2) is 0 Å². The van der Waals surface area contributed by atoms with Gasteiger partial charge in [-0.1, -0.05) is 62.4 Å². The van der Waals surface area contributed by atoms with E-state index >= 15 is 0 Å². The lowest BCUT2D eigenvalue weighted by atomic mass is 9.80. The van der Waals surface area contributed by atoms with Crippen LogP contribution in [-0.4, -0.2) is 0 Å². The van der Waals surface area contributed by atoms with Gasteiger partial charge < -0.3 is 0 Å². The second kappa shape index (κ2) is 3.21. The van der Waals surface area contributed by atoms with Crippen LogP contribution in [-0.2, 0) is 5.41 Å². The second-order valence-electron chi connectivity index (χ2n) is 5.05. The molecule has 0 atom stereocenters. The minimum absolute atomic E-state index is 0.185. The Bertz CT molecular complexity index is 525. The van der Waals surface area contributed by atoms with Crippen LogP contribution in [0.25, 0.3) is 5.57 Å². The average Bonchev–Trinajstić information content (AvgIpc) is 2.50. The van der Waals surface area contributed by atoms with Crippen molar-refractivity contribution in [1.29, 1.82) is 0 Å². The highest BCUT2D eigenvalue weighted by atomic mass is 14.4. The maximum absolute atomic E-state index is 2.33. The van der Waals surface area contributed by atoms with Gasteiger partial charge in [-0.2, -0.15) is 0 Å². The molecule has 0 fully saturated rings. The highest BCUT2D eigenvalue weighted by molar-refractivity contribution is 5.86. The number of hydrogen-bond donors (Lipinski definition) is 0. The zero-order valence-electron chi connectivity index (χ0n) is 9.83. The molecule has 2 aliphatic rings. The van der Waals surface area contributed by atoms with Crippen molar-refractivity contribution in [2.75, 3.05) is 0 Å². The molecule has 0 saturated heterocycles. The Kier molecular flexibility index (Phi) is 1.94. The third-order valence-corrected chi connectivity index (χ3v) is 3.80. The molecule has 0 amide bonds. The highest BCUT2D eigenvalue weighted by Crippen LogP contribution is 2.48. The monoisotopic (exact) mass is 208 g/mol. The molecule has 0 bridgehead atoms. The van der Waals surface area contributed by atoms with Gasteiger partial charge in [-0.15, -0.1) is 0 Å². The van der Waals surface area contributed by atoms with Crippen LogP contribution in [0.2, 0.25) is 0 Å². The van der Waals surface area contributed by atoms with E-state index in [0.717, 1.165) is 6.42 Å². The quantitative estimate of drug-likeness (QED) is 0.598.